The fraction of sp³-hybridized carbons (Fsp3) is 0.500. The van der Waals surface area contributed by atoms with E-state index in [0.29, 0.717) is 0 Å². The molecule has 3 nitrogen and oxygen atoms in total. The summed E-state index contributed by atoms with van der Waals surface area (Å²) < 4.78 is 0.970. The zero-order chi connectivity index (χ0) is 13.9. The molecule has 1 unspecified atom stereocenters. The Hall–Kier alpha value is -1.03. The largest absolute Gasteiger partial charge is 0.373 e. The molecule has 0 saturated carbocycles. The van der Waals surface area contributed by atoms with Crippen molar-refractivity contribution in [2.45, 2.75) is 46.2 Å². The fourth-order valence-electron chi connectivity index (χ4n) is 1.51. The Balaban J connectivity index is 2.69. The van der Waals surface area contributed by atoms with E-state index in [9.17, 15) is 4.79 Å². The van der Waals surface area contributed by atoms with Gasteiger partial charge in [0.1, 0.15) is 6.04 Å². The highest BCUT2D eigenvalue weighted by molar-refractivity contribution is 9.10. The van der Waals surface area contributed by atoms with Gasteiger partial charge in [-0.25, -0.2) is 0 Å². The maximum atomic E-state index is 12.0. The minimum Gasteiger partial charge on any atom is -0.373 e. The van der Waals surface area contributed by atoms with Crippen molar-refractivity contribution in [1.82, 2.24) is 5.32 Å². The Kier molecular flexibility index (Phi) is 4.79. The summed E-state index contributed by atoms with van der Waals surface area (Å²) in [6, 6.07) is 5.74. The quantitative estimate of drug-likeness (QED) is 0.897. The first-order valence-corrected chi connectivity index (χ1v) is 6.83. The van der Waals surface area contributed by atoms with Crippen LogP contribution in [0.5, 0.6) is 0 Å². The lowest BCUT2D eigenvalue weighted by Gasteiger charge is -2.24. The predicted octanol–water partition coefficient (Wildman–Crippen LogP) is 3.47. The second kappa shape index (κ2) is 5.74. The molecule has 1 amide bonds. The van der Waals surface area contributed by atoms with Crippen molar-refractivity contribution in [1.29, 1.82) is 0 Å². The van der Waals surface area contributed by atoms with Crippen LogP contribution in [-0.2, 0) is 4.79 Å². The van der Waals surface area contributed by atoms with Gasteiger partial charge >= 0.3 is 0 Å². The number of benzene rings is 1. The van der Waals surface area contributed by atoms with E-state index in [1.54, 1.807) is 0 Å². The van der Waals surface area contributed by atoms with Gasteiger partial charge in [-0.15, -0.1) is 0 Å². The van der Waals surface area contributed by atoms with Crippen LogP contribution in [0.2, 0.25) is 0 Å². The standard InChI is InChI=1S/C14H21BrN2O/c1-9-6-7-12(11(15)8-9)16-10(2)13(18)17-14(3,4)5/h6-8,10,16H,1-5H3,(H,17,18). The Bertz CT molecular complexity index is 438. The molecule has 0 heterocycles. The molecule has 100 valence electrons. The van der Waals surface area contributed by atoms with Crippen LogP contribution in [0.4, 0.5) is 5.69 Å². The van der Waals surface area contributed by atoms with E-state index in [1.165, 1.54) is 5.56 Å². The molecular formula is C14H21BrN2O. The fourth-order valence-corrected chi connectivity index (χ4v) is 2.12. The van der Waals surface area contributed by atoms with Gasteiger partial charge in [-0.05, 0) is 68.2 Å². The predicted molar refractivity (Wildman–Crippen MR) is 79.9 cm³/mol. The summed E-state index contributed by atoms with van der Waals surface area (Å²) in [4.78, 5) is 12.0. The number of aryl methyl sites for hydroxylation is 1. The molecule has 0 fully saturated rings. The average molecular weight is 313 g/mol. The maximum Gasteiger partial charge on any atom is 0.242 e. The van der Waals surface area contributed by atoms with Crippen molar-refractivity contribution in [2.75, 3.05) is 5.32 Å². The lowest BCUT2D eigenvalue weighted by atomic mass is 10.1. The summed E-state index contributed by atoms with van der Waals surface area (Å²) in [7, 11) is 0. The van der Waals surface area contributed by atoms with Gasteiger partial charge in [-0.3, -0.25) is 4.79 Å². The van der Waals surface area contributed by atoms with Gasteiger partial charge in [0, 0.05) is 15.7 Å². The molecular weight excluding hydrogens is 292 g/mol. The number of hydrogen-bond acceptors (Lipinski definition) is 2. The van der Waals surface area contributed by atoms with Crippen LogP contribution in [-0.4, -0.2) is 17.5 Å². The molecule has 0 aliphatic heterocycles. The van der Waals surface area contributed by atoms with E-state index in [1.807, 2.05) is 52.8 Å². The van der Waals surface area contributed by atoms with Gasteiger partial charge in [0.2, 0.25) is 5.91 Å². The second-order valence-corrected chi connectivity index (χ2v) is 6.44. The highest BCUT2D eigenvalue weighted by Gasteiger charge is 2.19. The summed E-state index contributed by atoms with van der Waals surface area (Å²) in [5.41, 5.74) is 1.90. The van der Waals surface area contributed by atoms with E-state index < -0.39 is 0 Å². The number of nitrogens with one attached hydrogen (secondary N) is 2. The summed E-state index contributed by atoms with van der Waals surface area (Å²) in [6.45, 7) is 9.80. The van der Waals surface area contributed by atoms with Crippen molar-refractivity contribution in [3.63, 3.8) is 0 Å². The highest BCUT2D eigenvalue weighted by atomic mass is 79.9. The van der Waals surface area contributed by atoms with Crippen molar-refractivity contribution in [3.8, 4) is 0 Å². The number of rotatable bonds is 3. The molecule has 0 radical (unpaired) electrons. The van der Waals surface area contributed by atoms with Gasteiger partial charge in [0.05, 0.1) is 0 Å². The molecule has 1 atom stereocenters. The Labute approximate surface area is 117 Å². The molecule has 0 spiro atoms. The zero-order valence-corrected chi connectivity index (χ0v) is 13.2. The second-order valence-electron chi connectivity index (χ2n) is 5.59. The molecule has 0 saturated heterocycles. The number of anilines is 1. The Morgan fingerprint density at radius 2 is 1.94 bits per heavy atom. The van der Waals surface area contributed by atoms with E-state index >= 15 is 0 Å². The molecule has 0 bridgehead atoms. The first-order chi connectivity index (χ1) is 8.19. The first kappa shape index (κ1) is 15.0. The van der Waals surface area contributed by atoms with Crippen LogP contribution in [0.1, 0.15) is 33.3 Å². The molecule has 1 rings (SSSR count). The monoisotopic (exact) mass is 312 g/mol. The number of halogens is 1. The molecule has 0 aromatic heterocycles. The Morgan fingerprint density at radius 3 is 2.44 bits per heavy atom. The minimum absolute atomic E-state index is 0.00465. The van der Waals surface area contributed by atoms with Gasteiger partial charge in [0.25, 0.3) is 0 Å². The molecule has 4 heteroatoms. The van der Waals surface area contributed by atoms with Crippen molar-refractivity contribution in [3.05, 3.63) is 28.2 Å². The van der Waals surface area contributed by atoms with Crippen LogP contribution in [0, 0.1) is 6.92 Å². The SMILES string of the molecule is Cc1ccc(NC(C)C(=O)NC(C)(C)C)c(Br)c1. The van der Waals surface area contributed by atoms with E-state index in [-0.39, 0.29) is 17.5 Å². The molecule has 1 aromatic carbocycles. The minimum atomic E-state index is -0.275. The zero-order valence-electron chi connectivity index (χ0n) is 11.6. The molecule has 2 N–H and O–H groups in total. The summed E-state index contributed by atoms with van der Waals surface area (Å²) in [5.74, 6) is -0.00465. The Morgan fingerprint density at radius 1 is 1.33 bits per heavy atom. The lowest BCUT2D eigenvalue weighted by Crippen LogP contribution is -2.47. The number of carbonyl (C=O) groups excluding carboxylic acids is 1. The summed E-state index contributed by atoms with van der Waals surface area (Å²) in [5, 5.41) is 6.15. The number of hydrogen-bond donors (Lipinski definition) is 2. The third kappa shape index (κ3) is 4.69. The summed E-state index contributed by atoms with van der Waals surface area (Å²) in [6.07, 6.45) is 0. The topological polar surface area (TPSA) is 41.1 Å². The smallest absolute Gasteiger partial charge is 0.242 e. The molecule has 18 heavy (non-hydrogen) atoms. The maximum absolute atomic E-state index is 12.0. The first-order valence-electron chi connectivity index (χ1n) is 6.04. The lowest BCUT2D eigenvalue weighted by molar-refractivity contribution is -0.122. The van der Waals surface area contributed by atoms with Crippen molar-refractivity contribution in [2.24, 2.45) is 0 Å². The van der Waals surface area contributed by atoms with E-state index in [4.69, 9.17) is 0 Å². The van der Waals surface area contributed by atoms with Crippen LogP contribution in [0.3, 0.4) is 0 Å². The van der Waals surface area contributed by atoms with Crippen molar-refractivity contribution >= 4 is 27.5 Å². The van der Waals surface area contributed by atoms with Crippen LogP contribution in [0.15, 0.2) is 22.7 Å². The molecule has 0 aliphatic carbocycles. The third-order valence-corrected chi connectivity index (χ3v) is 3.04. The van der Waals surface area contributed by atoms with E-state index in [0.717, 1.165) is 10.2 Å². The van der Waals surface area contributed by atoms with Crippen LogP contribution < -0.4 is 10.6 Å². The van der Waals surface area contributed by atoms with Crippen molar-refractivity contribution < 1.29 is 4.79 Å². The summed E-state index contributed by atoms with van der Waals surface area (Å²) >= 11 is 3.49. The molecule has 0 aliphatic rings. The van der Waals surface area contributed by atoms with E-state index in [2.05, 4.69) is 26.6 Å². The average Bonchev–Trinajstić information content (AvgIpc) is 2.19. The number of amides is 1. The van der Waals surface area contributed by atoms with Crippen LogP contribution in [0.25, 0.3) is 0 Å². The normalized spacial score (nSPS) is 13.0. The third-order valence-electron chi connectivity index (χ3n) is 2.39. The van der Waals surface area contributed by atoms with Gasteiger partial charge in [0.15, 0.2) is 0 Å². The van der Waals surface area contributed by atoms with Crippen LogP contribution >= 0.6 is 15.9 Å². The highest BCUT2D eigenvalue weighted by Crippen LogP contribution is 2.24. The van der Waals surface area contributed by atoms with Gasteiger partial charge < -0.3 is 10.6 Å². The van der Waals surface area contributed by atoms with Gasteiger partial charge in [-0.2, -0.15) is 0 Å². The number of carbonyl (C=O) groups is 1. The van der Waals surface area contributed by atoms with Gasteiger partial charge in [-0.1, -0.05) is 6.07 Å². The molecule has 1 aromatic rings.